The van der Waals surface area contributed by atoms with E-state index in [9.17, 15) is 0 Å². The van der Waals surface area contributed by atoms with Crippen LogP contribution >= 0.6 is 0 Å². The molecular formula is C10H16N4O. The van der Waals surface area contributed by atoms with E-state index in [-0.39, 0.29) is 6.10 Å². The van der Waals surface area contributed by atoms with Crippen molar-refractivity contribution in [2.75, 3.05) is 31.6 Å². The number of morpholine rings is 1. The highest BCUT2D eigenvalue weighted by Crippen LogP contribution is 2.04. The van der Waals surface area contributed by atoms with E-state index in [1.807, 2.05) is 13.0 Å². The van der Waals surface area contributed by atoms with Crippen molar-refractivity contribution in [2.45, 2.75) is 13.0 Å². The number of aryl methyl sites for hydroxylation is 1. The second kappa shape index (κ2) is 5.04. The lowest BCUT2D eigenvalue weighted by molar-refractivity contribution is 0.0372. The number of aromatic nitrogens is 2. The van der Waals surface area contributed by atoms with Gasteiger partial charge in [0.1, 0.15) is 5.82 Å². The molecule has 2 N–H and O–H groups in total. The van der Waals surface area contributed by atoms with Gasteiger partial charge in [0.05, 0.1) is 18.9 Å². The van der Waals surface area contributed by atoms with Crippen molar-refractivity contribution < 1.29 is 4.74 Å². The summed E-state index contributed by atoms with van der Waals surface area (Å²) in [6, 6.07) is 1.98. The maximum atomic E-state index is 5.56. The van der Waals surface area contributed by atoms with Crippen LogP contribution in [-0.4, -0.2) is 42.5 Å². The van der Waals surface area contributed by atoms with Gasteiger partial charge < -0.3 is 15.4 Å². The molecule has 2 heterocycles. The fraction of sp³-hybridized carbons (Fsp3) is 0.600. The fourth-order valence-electron chi connectivity index (χ4n) is 1.52. The molecule has 1 fully saturated rings. The van der Waals surface area contributed by atoms with Gasteiger partial charge in [-0.2, -0.15) is 5.10 Å². The molecule has 1 atom stereocenters. The predicted octanol–water partition coefficient (Wildman–Crippen LogP) is 0.185. The number of hydrogen-bond donors (Lipinski definition) is 2. The van der Waals surface area contributed by atoms with Gasteiger partial charge in [-0.05, 0) is 18.6 Å². The van der Waals surface area contributed by atoms with Crippen LogP contribution in [0, 0.1) is 6.92 Å². The summed E-state index contributed by atoms with van der Waals surface area (Å²) in [5, 5.41) is 14.4. The number of ether oxygens (including phenoxy) is 1. The first-order chi connectivity index (χ1) is 7.34. The van der Waals surface area contributed by atoms with Crippen LogP contribution < -0.4 is 10.6 Å². The predicted molar refractivity (Wildman–Crippen MR) is 57.9 cm³/mol. The largest absolute Gasteiger partial charge is 0.374 e. The number of rotatable bonds is 3. The van der Waals surface area contributed by atoms with Gasteiger partial charge in [0.2, 0.25) is 0 Å². The molecule has 15 heavy (non-hydrogen) atoms. The summed E-state index contributed by atoms with van der Waals surface area (Å²) >= 11 is 0. The van der Waals surface area contributed by atoms with Crippen molar-refractivity contribution in [1.82, 2.24) is 15.5 Å². The average Bonchev–Trinajstić information content (AvgIpc) is 2.28. The minimum absolute atomic E-state index is 0.223. The van der Waals surface area contributed by atoms with Gasteiger partial charge in [0, 0.05) is 19.6 Å². The van der Waals surface area contributed by atoms with Crippen molar-refractivity contribution in [3.63, 3.8) is 0 Å². The Bertz CT molecular complexity index is 312. The minimum atomic E-state index is 0.223. The molecule has 5 heteroatoms. The molecule has 0 bridgehead atoms. The SMILES string of the molecule is Cc1cnnc(NCC2CNCCO2)c1. The highest BCUT2D eigenvalue weighted by atomic mass is 16.5. The van der Waals surface area contributed by atoms with Crippen LogP contribution in [0.3, 0.4) is 0 Å². The van der Waals surface area contributed by atoms with Crippen LogP contribution in [0.5, 0.6) is 0 Å². The topological polar surface area (TPSA) is 59.1 Å². The van der Waals surface area contributed by atoms with Crippen LogP contribution in [0.25, 0.3) is 0 Å². The first-order valence-electron chi connectivity index (χ1n) is 5.20. The van der Waals surface area contributed by atoms with Crippen molar-refractivity contribution in [3.05, 3.63) is 17.8 Å². The molecule has 5 nitrogen and oxygen atoms in total. The van der Waals surface area contributed by atoms with E-state index in [1.165, 1.54) is 0 Å². The second-order valence-corrected chi connectivity index (χ2v) is 3.70. The van der Waals surface area contributed by atoms with Crippen LogP contribution in [-0.2, 0) is 4.74 Å². The zero-order valence-corrected chi connectivity index (χ0v) is 8.86. The molecule has 0 aromatic carbocycles. The van der Waals surface area contributed by atoms with E-state index in [0.717, 1.165) is 37.6 Å². The van der Waals surface area contributed by atoms with E-state index in [0.29, 0.717) is 0 Å². The third-order valence-corrected chi connectivity index (χ3v) is 2.31. The first kappa shape index (κ1) is 10.3. The van der Waals surface area contributed by atoms with Crippen molar-refractivity contribution in [1.29, 1.82) is 0 Å². The van der Waals surface area contributed by atoms with Crippen LogP contribution in [0.4, 0.5) is 5.82 Å². The molecule has 1 aliphatic rings. The Balaban J connectivity index is 1.81. The molecule has 0 amide bonds. The van der Waals surface area contributed by atoms with Crippen molar-refractivity contribution in [2.24, 2.45) is 0 Å². The van der Waals surface area contributed by atoms with Gasteiger partial charge in [0.15, 0.2) is 0 Å². The molecule has 0 saturated carbocycles. The summed E-state index contributed by atoms with van der Waals surface area (Å²) in [6.45, 7) is 5.39. The standard InChI is InChI=1S/C10H16N4O/c1-8-4-10(14-13-5-8)12-7-9-6-11-2-3-15-9/h4-5,9,11H,2-3,6-7H2,1H3,(H,12,14). The normalized spacial score (nSPS) is 21.3. The molecule has 82 valence electrons. The Morgan fingerprint density at radius 3 is 3.33 bits per heavy atom. The molecular weight excluding hydrogens is 192 g/mol. The van der Waals surface area contributed by atoms with Gasteiger partial charge in [0.25, 0.3) is 0 Å². The summed E-state index contributed by atoms with van der Waals surface area (Å²) in [5.74, 6) is 0.809. The number of nitrogens with one attached hydrogen (secondary N) is 2. The molecule has 0 radical (unpaired) electrons. The Kier molecular flexibility index (Phi) is 3.47. The highest BCUT2D eigenvalue weighted by Gasteiger charge is 2.12. The lowest BCUT2D eigenvalue weighted by atomic mass is 10.3. The maximum Gasteiger partial charge on any atom is 0.148 e. The molecule has 1 aromatic heterocycles. The molecule has 1 aliphatic heterocycles. The molecule has 0 spiro atoms. The number of nitrogens with zero attached hydrogens (tertiary/aromatic N) is 2. The van der Waals surface area contributed by atoms with Crippen molar-refractivity contribution in [3.8, 4) is 0 Å². The summed E-state index contributed by atoms with van der Waals surface area (Å²) in [6.07, 6.45) is 1.96. The summed E-state index contributed by atoms with van der Waals surface area (Å²) in [4.78, 5) is 0. The smallest absolute Gasteiger partial charge is 0.148 e. The van der Waals surface area contributed by atoms with Gasteiger partial charge in [-0.25, -0.2) is 0 Å². The van der Waals surface area contributed by atoms with Gasteiger partial charge >= 0.3 is 0 Å². The van der Waals surface area contributed by atoms with E-state index >= 15 is 0 Å². The van der Waals surface area contributed by atoms with Gasteiger partial charge in [-0.3, -0.25) is 0 Å². The lowest BCUT2D eigenvalue weighted by Gasteiger charge is -2.23. The average molecular weight is 208 g/mol. The highest BCUT2D eigenvalue weighted by molar-refractivity contribution is 5.35. The monoisotopic (exact) mass is 208 g/mol. The van der Waals surface area contributed by atoms with Crippen LogP contribution in [0.15, 0.2) is 12.3 Å². The van der Waals surface area contributed by atoms with Gasteiger partial charge in [-0.1, -0.05) is 0 Å². The van der Waals surface area contributed by atoms with E-state index in [4.69, 9.17) is 4.74 Å². The number of hydrogen-bond acceptors (Lipinski definition) is 5. The lowest BCUT2D eigenvalue weighted by Crippen LogP contribution is -2.42. The molecule has 1 aromatic rings. The van der Waals surface area contributed by atoms with Gasteiger partial charge in [-0.15, -0.1) is 5.10 Å². The second-order valence-electron chi connectivity index (χ2n) is 3.70. The Labute approximate surface area is 89.2 Å². The summed E-state index contributed by atoms with van der Waals surface area (Å²) in [5.41, 5.74) is 1.11. The molecule has 1 saturated heterocycles. The quantitative estimate of drug-likeness (QED) is 0.742. The van der Waals surface area contributed by atoms with E-state index in [2.05, 4.69) is 20.8 Å². The molecule has 0 aliphatic carbocycles. The molecule has 1 unspecified atom stereocenters. The van der Waals surface area contributed by atoms with Crippen molar-refractivity contribution >= 4 is 5.82 Å². The van der Waals surface area contributed by atoms with E-state index in [1.54, 1.807) is 6.20 Å². The number of anilines is 1. The minimum Gasteiger partial charge on any atom is -0.374 e. The Morgan fingerprint density at radius 1 is 1.67 bits per heavy atom. The molecule has 2 rings (SSSR count). The Morgan fingerprint density at radius 2 is 2.60 bits per heavy atom. The Hall–Kier alpha value is -1.20. The van der Waals surface area contributed by atoms with Crippen LogP contribution in [0.2, 0.25) is 0 Å². The van der Waals surface area contributed by atoms with Crippen LogP contribution in [0.1, 0.15) is 5.56 Å². The first-order valence-corrected chi connectivity index (χ1v) is 5.20. The fourth-order valence-corrected chi connectivity index (χ4v) is 1.52. The summed E-state index contributed by atoms with van der Waals surface area (Å²) in [7, 11) is 0. The van der Waals surface area contributed by atoms with E-state index < -0.39 is 0 Å². The zero-order valence-electron chi connectivity index (χ0n) is 8.86. The maximum absolute atomic E-state index is 5.56. The summed E-state index contributed by atoms with van der Waals surface area (Å²) < 4.78 is 5.56. The zero-order chi connectivity index (χ0) is 10.5. The third-order valence-electron chi connectivity index (χ3n) is 2.31. The third kappa shape index (κ3) is 3.14.